The topological polar surface area (TPSA) is 18.5 Å². The van der Waals surface area contributed by atoms with Crippen molar-refractivity contribution in [1.29, 1.82) is 0 Å². The van der Waals surface area contributed by atoms with Crippen LogP contribution >= 0.6 is 0 Å². The number of rotatable bonds is 12. The van der Waals surface area contributed by atoms with Crippen molar-refractivity contribution in [3.8, 4) is 11.5 Å². The van der Waals surface area contributed by atoms with Crippen LogP contribution in [0, 0.1) is 0 Å². The van der Waals surface area contributed by atoms with Gasteiger partial charge in [0.25, 0.3) is 0 Å². The van der Waals surface area contributed by atoms with E-state index >= 15 is 0 Å². The van der Waals surface area contributed by atoms with Crippen LogP contribution in [0.5, 0.6) is 11.5 Å². The fourth-order valence-corrected chi connectivity index (χ4v) is 14.2. The van der Waals surface area contributed by atoms with Crippen LogP contribution in [0.25, 0.3) is 0 Å². The summed E-state index contributed by atoms with van der Waals surface area (Å²) in [6.45, 7) is 13.5. The number of hydrogen-bond acceptors (Lipinski definition) is 2. The summed E-state index contributed by atoms with van der Waals surface area (Å²) in [6.07, 6.45) is 4.70. The van der Waals surface area contributed by atoms with Gasteiger partial charge in [0.2, 0.25) is 0 Å². The molecule has 2 nitrogen and oxygen atoms in total. The first-order valence-corrected chi connectivity index (χ1v) is 17.8. The Kier molecular flexibility index (Phi) is 9.88. The van der Waals surface area contributed by atoms with Gasteiger partial charge in [-0.1, -0.05) is 0 Å². The quantitative estimate of drug-likeness (QED) is 0.271. The molecule has 0 amide bonds. The van der Waals surface area contributed by atoms with E-state index in [1.807, 2.05) is 0 Å². The summed E-state index contributed by atoms with van der Waals surface area (Å²) >= 11 is -3.41. The fourth-order valence-electron chi connectivity index (χ4n) is 3.74. The van der Waals surface area contributed by atoms with Crippen LogP contribution < -0.4 is 6.15 Å². The second kappa shape index (κ2) is 11.9. The molecule has 0 spiro atoms. The van der Waals surface area contributed by atoms with Crippen LogP contribution in [0.1, 0.15) is 90.2 Å². The van der Waals surface area contributed by atoms with Crippen LogP contribution in [-0.4, -0.2) is 19.2 Å². The van der Waals surface area contributed by atoms with Gasteiger partial charge in [0.15, 0.2) is 0 Å². The Hall–Kier alpha value is -1.16. The molecule has 0 aromatic heterocycles. The Morgan fingerprint density at radius 1 is 0.655 bits per heavy atom. The van der Waals surface area contributed by atoms with E-state index in [0.717, 1.165) is 20.4 Å². The van der Waals surface area contributed by atoms with Crippen LogP contribution in [0.3, 0.4) is 0 Å². The average molecular weight is 503 g/mol. The molecular formula is C26H40O2Sn. The van der Waals surface area contributed by atoms with E-state index in [1.54, 1.807) is 0 Å². The van der Waals surface area contributed by atoms with Crippen molar-refractivity contribution < 1.29 is 6.15 Å². The normalized spacial score (nSPS) is 11.9. The molecule has 0 aliphatic rings. The minimum atomic E-state index is -3.41. The number of para-hydroxylation sites is 2. The van der Waals surface area contributed by atoms with E-state index in [0.29, 0.717) is 11.8 Å². The average Bonchev–Trinajstić information content (AvgIpc) is 2.71. The van der Waals surface area contributed by atoms with E-state index in [-0.39, 0.29) is 0 Å². The zero-order valence-corrected chi connectivity index (χ0v) is 22.2. The maximum atomic E-state index is 7.03. The molecule has 0 atom stereocenters. The van der Waals surface area contributed by atoms with Gasteiger partial charge in [-0.15, -0.1) is 0 Å². The van der Waals surface area contributed by atoms with Gasteiger partial charge >= 0.3 is 184 Å². The molecule has 2 aromatic rings. The molecule has 0 unspecified atom stereocenters. The maximum absolute atomic E-state index is 7.03. The van der Waals surface area contributed by atoms with Crippen molar-refractivity contribution in [3.63, 3.8) is 0 Å². The Labute approximate surface area is 184 Å². The van der Waals surface area contributed by atoms with Gasteiger partial charge < -0.3 is 0 Å². The predicted molar refractivity (Wildman–Crippen MR) is 128 cm³/mol. The van der Waals surface area contributed by atoms with Gasteiger partial charge in [-0.05, 0) is 0 Å². The minimum absolute atomic E-state index is 0.440. The first-order chi connectivity index (χ1) is 13.9. The first kappa shape index (κ1) is 24.1. The summed E-state index contributed by atoms with van der Waals surface area (Å²) in [5, 5.41) is 0. The third-order valence-electron chi connectivity index (χ3n) is 5.50. The van der Waals surface area contributed by atoms with Crippen molar-refractivity contribution >= 4 is 19.2 Å². The molecule has 2 aromatic carbocycles. The Morgan fingerprint density at radius 2 is 1.03 bits per heavy atom. The van der Waals surface area contributed by atoms with Gasteiger partial charge in [0, 0.05) is 0 Å². The third-order valence-corrected chi connectivity index (χ3v) is 15.2. The van der Waals surface area contributed by atoms with Gasteiger partial charge in [0.05, 0.1) is 0 Å². The van der Waals surface area contributed by atoms with Crippen LogP contribution in [0.15, 0.2) is 48.5 Å². The second-order valence-electron chi connectivity index (χ2n) is 8.71. The van der Waals surface area contributed by atoms with E-state index in [2.05, 4.69) is 90.1 Å². The van der Waals surface area contributed by atoms with Gasteiger partial charge in [-0.3, -0.25) is 0 Å². The molecule has 0 saturated carbocycles. The van der Waals surface area contributed by atoms with Crippen LogP contribution in [0.2, 0.25) is 8.87 Å². The van der Waals surface area contributed by atoms with Crippen LogP contribution in [0.4, 0.5) is 0 Å². The van der Waals surface area contributed by atoms with Gasteiger partial charge in [-0.2, -0.15) is 0 Å². The van der Waals surface area contributed by atoms with Gasteiger partial charge in [-0.25, -0.2) is 0 Å². The van der Waals surface area contributed by atoms with Gasteiger partial charge in [0.1, 0.15) is 0 Å². The molecule has 0 radical (unpaired) electrons. The predicted octanol–water partition coefficient (Wildman–Crippen LogP) is 8.43. The second-order valence-corrected chi connectivity index (χ2v) is 17.9. The molecule has 0 aliphatic heterocycles. The Bertz CT molecular complexity index is 675. The summed E-state index contributed by atoms with van der Waals surface area (Å²) < 4.78 is 16.3. The molecular weight excluding hydrogens is 463 g/mol. The fraction of sp³-hybridized carbons (Fsp3) is 0.538. The molecule has 3 heteroatoms. The molecule has 0 N–H and O–H groups in total. The Balaban J connectivity index is 2.47. The van der Waals surface area contributed by atoms with Crippen molar-refractivity contribution in [2.75, 3.05) is 0 Å². The molecule has 0 heterocycles. The van der Waals surface area contributed by atoms with Crippen LogP contribution in [-0.2, 0) is 0 Å². The molecule has 0 saturated heterocycles. The summed E-state index contributed by atoms with van der Waals surface area (Å²) in [6, 6.07) is 17.1. The zero-order chi connectivity index (χ0) is 21.3. The van der Waals surface area contributed by atoms with Crippen molar-refractivity contribution in [3.05, 3.63) is 59.7 Å². The summed E-state index contributed by atoms with van der Waals surface area (Å²) in [7, 11) is 0. The monoisotopic (exact) mass is 504 g/mol. The number of benzene rings is 2. The standard InChI is InChI=1S/2C9H12O.2C4H9.Sn/c2*1-7(2)8-5-3-4-6-9(8)10;2*1-3-4-2;/h2*3-7,10H,1-2H3;2*1,3-4H2,2H3;/q;;;;+2/p-2. The van der Waals surface area contributed by atoms with E-state index in [1.165, 1.54) is 36.8 Å². The van der Waals surface area contributed by atoms with E-state index in [9.17, 15) is 0 Å². The molecule has 0 fully saturated rings. The SMILES string of the molecule is CCC[CH2][Sn]([CH2]CCC)([O]c1ccccc1C(C)C)[O]c1ccccc1C(C)C. The molecule has 29 heavy (non-hydrogen) atoms. The molecule has 2 rings (SSSR count). The van der Waals surface area contributed by atoms with Crippen molar-refractivity contribution in [2.45, 2.75) is 87.9 Å². The van der Waals surface area contributed by atoms with Crippen molar-refractivity contribution in [2.24, 2.45) is 0 Å². The summed E-state index contributed by atoms with van der Waals surface area (Å²) in [4.78, 5) is 0. The van der Waals surface area contributed by atoms with Crippen molar-refractivity contribution in [1.82, 2.24) is 0 Å². The molecule has 0 bridgehead atoms. The van der Waals surface area contributed by atoms with E-state index < -0.39 is 19.2 Å². The third kappa shape index (κ3) is 6.94. The summed E-state index contributed by atoms with van der Waals surface area (Å²) in [5.41, 5.74) is 2.59. The van der Waals surface area contributed by atoms with E-state index in [4.69, 9.17) is 6.15 Å². The summed E-state index contributed by atoms with van der Waals surface area (Å²) in [5.74, 6) is 2.98. The number of hydrogen-bond donors (Lipinski definition) is 0. The molecule has 0 aliphatic carbocycles. The molecule has 160 valence electrons. The zero-order valence-electron chi connectivity index (χ0n) is 19.3. The Morgan fingerprint density at radius 3 is 1.38 bits per heavy atom. The first-order valence-electron chi connectivity index (χ1n) is 11.5. The number of unbranched alkanes of at least 4 members (excludes halogenated alkanes) is 2.